The second-order valence-electron chi connectivity index (χ2n) is 5.29. The summed E-state index contributed by atoms with van der Waals surface area (Å²) in [7, 11) is 0. The molecule has 12 nitrogen and oxygen atoms in total. The highest BCUT2D eigenvalue weighted by molar-refractivity contribution is 5.68. The predicted octanol–water partition coefficient (Wildman–Crippen LogP) is 0.380. The largest absolute Gasteiger partial charge is 0.463 e. The topological polar surface area (TPSA) is 163 Å². The van der Waals surface area contributed by atoms with Crippen molar-refractivity contribution in [3.63, 3.8) is 0 Å². The molecule has 12 heteroatoms. The van der Waals surface area contributed by atoms with Gasteiger partial charge in [0.05, 0.1) is 0 Å². The van der Waals surface area contributed by atoms with E-state index in [1.807, 2.05) is 0 Å². The maximum atomic E-state index is 11.5. The van der Waals surface area contributed by atoms with Gasteiger partial charge >= 0.3 is 23.9 Å². The SMILES string of the molecule is CC(=O)OC[C@@H]1O[C@H](N=[N+]=[N-])[C@@H](OC(C)=O)[C@H](OC(C)=O)[C@H]1OC(C)=O. The first-order valence-electron chi connectivity index (χ1n) is 7.50. The highest BCUT2D eigenvalue weighted by Crippen LogP contribution is 2.29. The highest BCUT2D eigenvalue weighted by Gasteiger charge is 2.51. The van der Waals surface area contributed by atoms with Crippen molar-refractivity contribution in [3.05, 3.63) is 10.4 Å². The average molecular weight is 373 g/mol. The third kappa shape index (κ3) is 6.22. The van der Waals surface area contributed by atoms with Crippen molar-refractivity contribution in [2.24, 2.45) is 5.11 Å². The summed E-state index contributed by atoms with van der Waals surface area (Å²) in [5.41, 5.74) is 8.71. The zero-order chi connectivity index (χ0) is 19.9. The Labute approximate surface area is 148 Å². The summed E-state index contributed by atoms with van der Waals surface area (Å²) < 4.78 is 25.6. The molecule has 1 heterocycles. The van der Waals surface area contributed by atoms with Gasteiger partial charge in [-0.3, -0.25) is 19.2 Å². The van der Waals surface area contributed by atoms with E-state index in [2.05, 4.69) is 10.0 Å². The summed E-state index contributed by atoms with van der Waals surface area (Å²) in [6, 6.07) is 0. The van der Waals surface area contributed by atoms with Crippen molar-refractivity contribution < 1.29 is 42.9 Å². The maximum Gasteiger partial charge on any atom is 0.303 e. The van der Waals surface area contributed by atoms with Crippen LogP contribution in [0.4, 0.5) is 0 Å². The zero-order valence-corrected chi connectivity index (χ0v) is 14.6. The predicted molar refractivity (Wildman–Crippen MR) is 81.1 cm³/mol. The molecule has 0 spiro atoms. The van der Waals surface area contributed by atoms with Gasteiger partial charge in [0, 0.05) is 32.6 Å². The van der Waals surface area contributed by atoms with Crippen LogP contribution in [0, 0.1) is 0 Å². The molecular weight excluding hydrogens is 354 g/mol. The van der Waals surface area contributed by atoms with Crippen molar-refractivity contribution >= 4 is 23.9 Å². The molecule has 0 N–H and O–H groups in total. The van der Waals surface area contributed by atoms with Crippen LogP contribution in [-0.4, -0.2) is 61.1 Å². The molecule has 1 saturated heterocycles. The summed E-state index contributed by atoms with van der Waals surface area (Å²) >= 11 is 0. The Hall–Kier alpha value is -2.85. The number of azide groups is 1. The van der Waals surface area contributed by atoms with Gasteiger partial charge in [-0.2, -0.15) is 0 Å². The van der Waals surface area contributed by atoms with Gasteiger partial charge in [0.2, 0.25) is 0 Å². The van der Waals surface area contributed by atoms with Crippen LogP contribution < -0.4 is 0 Å². The second-order valence-corrected chi connectivity index (χ2v) is 5.29. The monoisotopic (exact) mass is 373 g/mol. The lowest BCUT2D eigenvalue weighted by atomic mass is 9.97. The lowest BCUT2D eigenvalue weighted by Crippen LogP contribution is -2.61. The van der Waals surface area contributed by atoms with Crippen molar-refractivity contribution in [3.8, 4) is 0 Å². The molecule has 0 aromatic rings. The molecule has 1 aliphatic heterocycles. The summed E-state index contributed by atoms with van der Waals surface area (Å²) in [4.78, 5) is 48.0. The average Bonchev–Trinajstić information content (AvgIpc) is 2.50. The molecule has 0 radical (unpaired) electrons. The Morgan fingerprint density at radius 2 is 1.38 bits per heavy atom. The summed E-state index contributed by atoms with van der Waals surface area (Å²) in [6.07, 6.45) is -6.52. The molecule has 5 atom stereocenters. The van der Waals surface area contributed by atoms with Crippen LogP contribution in [0.5, 0.6) is 0 Å². The van der Waals surface area contributed by atoms with E-state index in [4.69, 9.17) is 29.2 Å². The highest BCUT2D eigenvalue weighted by atomic mass is 16.7. The minimum atomic E-state index is -1.40. The number of carbonyl (C=O) groups is 4. The van der Waals surface area contributed by atoms with Gasteiger partial charge < -0.3 is 23.7 Å². The van der Waals surface area contributed by atoms with Crippen molar-refractivity contribution in [2.45, 2.75) is 58.3 Å². The molecule has 0 unspecified atom stereocenters. The first-order valence-corrected chi connectivity index (χ1v) is 7.50. The third-order valence-electron chi connectivity index (χ3n) is 3.13. The maximum absolute atomic E-state index is 11.5. The lowest BCUT2D eigenvalue weighted by Gasteiger charge is -2.43. The quantitative estimate of drug-likeness (QED) is 0.210. The zero-order valence-electron chi connectivity index (χ0n) is 14.6. The fourth-order valence-corrected chi connectivity index (χ4v) is 2.35. The van der Waals surface area contributed by atoms with E-state index in [1.165, 1.54) is 0 Å². The Bertz CT molecular complexity index is 617. The van der Waals surface area contributed by atoms with E-state index < -0.39 is 54.5 Å². The van der Waals surface area contributed by atoms with Crippen molar-refractivity contribution in [1.82, 2.24) is 0 Å². The van der Waals surface area contributed by atoms with E-state index in [0.29, 0.717) is 0 Å². The number of hydrogen-bond donors (Lipinski definition) is 0. The number of carbonyl (C=O) groups excluding carboxylic acids is 4. The molecule has 0 bridgehead atoms. The van der Waals surface area contributed by atoms with Crippen LogP contribution in [-0.2, 0) is 42.9 Å². The molecule has 1 aliphatic rings. The van der Waals surface area contributed by atoms with Crippen LogP contribution in [0.15, 0.2) is 5.11 Å². The third-order valence-corrected chi connectivity index (χ3v) is 3.13. The van der Waals surface area contributed by atoms with E-state index in [0.717, 1.165) is 27.7 Å². The minimum absolute atomic E-state index is 0.380. The number of esters is 4. The molecule has 0 aromatic carbocycles. The first kappa shape index (κ1) is 21.2. The van der Waals surface area contributed by atoms with E-state index >= 15 is 0 Å². The van der Waals surface area contributed by atoms with Crippen molar-refractivity contribution in [1.29, 1.82) is 0 Å². The molecule has 144 valence electrons. The van der Waals surface area contributed by atoms with E-state index in [1.54, 1.807) is 0 Å². The molecule has 1 fully saturated rings. The van der Waals surface area contributed by atoms with Crippen LogP contribution in [0.3, 0.4) is 0 Å². The molecule has 1 rings (SSSR count). The van der Waals surface area contributed by atoms with Gasteiger partial charge in [-0.15, -0.1) is 0 Å². The molecule has 0 aromatic heterocycles. The van der Waals surface area contributed by atoms with Gasteiger partial charge in [-0.1, -0.05) is 5.11 Å². The Balaban J connectivity index is 3.28. The van der Waals surface area contributed by atoms with Gasteiger partial charge in [-0.25, -0.2) is 0 Å². The number of ether oxygens (including phenoxy) is 5. The molecular formula is C14H19N3O9. The Morgan fingerprint density at radius 1 is 0.885 bits per heavy atom. The van der Waals surface area contributed by atoms with Gasteiger partial charge in [0.15, 0.2) is 24.5 Å². The van der Waals surface area contributed by atoms with Crippen molar-refractivity contribution in [2.75, 3.05) is 6.61 Å². The minimum Gasteiger partial charge on any atom is -0.463 e. The summed E-state index contributed by atoms with van der Waals surface area (Å²) in [6.45, 7) is 4.06. The van der Waals surface area contributed by atoms with Gasteiger partial charge in [0.1, 0.15) is 12.7 Å². The van der Waals surface area contributed by atoms with E-state index in [-0.39, 0.29) is 6.61 Å². The van der Waals surface area contributed by atoms with Crippen LogP contribution >= 0.6 is 0 Å². The number of hydrogen-bond acceptors (Lipinski definition) is 10. The Morgan fingerprint density at radius 3 is 1.85 bits per heavy atom. The summed E-state index contributed by atoms with van der Waals surface area (Å²) in [5, 5.41) is 3.38. The standard InChI is InChI=1S/C14H19N3O9/c1-6(18)22-5-10-11(23-7(2)19)12(24-8(3)20)13(25-9(4)21)14(26-10)16-17-15/h10-14H,5H2,1-4H3/t10-,11-,12+,13-,14-/m0/s1. The van der Waals surface area contributed by atoms with Crippen LogP contribution in [0.1, 0.15) is 27.7 Å². The Kier molecular flexibility index (Phi) is 7.81. The number of nitrogens with zero attached hydrogens (tertiary/aromatic N) is 3. The first-order chi connectivity index (χ1) is 12.1. The lowest BCUT2D eigenvalue weighted by molar-refractivity contribution is -0.251. The van der Waals surface area contributed by atoms with Crippen LogP contribution in [0.25, 0.3) is 10.4 Å². The van der Waals surface area contributed by atoms with E-state index in [9.17, 15) is 19.2 Å². The number of rotatable bonds is 6. The molecule has 26 heavy (non-hydrogen) atoms. The smallest absolute Gasteiger partial charge is 0.303 e. The fourth-order valence-electron chi connectivity index (χ4n) is 2.35. The molecule has 0 amide bonds. The normalized spacial score (nSPS) is 27.5. The van der Waals surface area contributed by atoms with Gasteiger partial charge in [-0.05, 0) is 5.53 Å². The molecule has 0 aliphatic carbocycles. The van der Waals surface area contributed by atoms with Gasteiger partial charge in [0.25, 0.3) is 0 Å². The summed E-state index contributed by atoms with van der Waals surface area (Å²) in [5.74, 6) is -2.92. The van der Waals surface area contributed by atoms with Crippen LogP contribution in [0.2, 0.25) is 0 Å². The second kappa shape index (κ2) is 9.59. The fraction of sp³-hybridized carbons (Fsp3) is 0.714. The molecule has 0 saturated carbocycles.